The smallest absolute Gasteiger partial charge is 0.187 e. The monoisotopic (exact) mass is 298 g/mol. The number of hydrogen-bond donors (Lipinski definition) is 1. The van der Waals surface area contributed by atoms with Crippen molar-refractivity contribution < 1.29 is 8.76 Å². The average Bonchev–Trinajstić information content (AvgIpc) is 1.85. The van der Waals surface area contributed by atoms with Crippen molar-refractivity contribution in [2.24, 2.45) is 0 Å². The molecule has 0 fully saturated rings. The van der Waals surface area contributed by atoms with E-state index in [1.807, 2.05) is 0 Å². The van der Waals surface area contributed by atoms with Gasteiger partial charge in [0, 0.05) is 8.95 Å². The summed E-state index contributed by atoms with van der Waals surface area (Å²) >= 11 is 4.48. The maximum Gasteiger partial charge on any atom is 0.187 e. The third kappa shape index (κ3) is 2.37. The lowest BCUT2D eigenvalue weighted by atomic mass is 10.4. The van der Waals surface area contributed by atoms with E-state index >= 15 is 0 Å². The second-order valence-corrected chi connectivity index (χ2v) is 4.53. The predicted molar refractivity (Wildman–Crippen MR) is 50.9 cm³/mol. The van der Waals surface area contributed by atoms with E-state index < -0.39 is 11.1 Å². The van der Waals surface area contributed by atoms with Gasteiger partial charge < -0.3 is 4.55 Å². The highest BCUT2D eigenvalue weighted by Crippen LogP contribution is 2.23. The summed E-state index contributed by atoms with van der Waals surface area (Å²) in [6.45, 7) is 0. The molecule has 0 amide bonds. The van der Waals surface area contributed by atoms with Crippen LogP contribution in [0.5, 0.6) is 0 Å². The first-order valence-electron chi connectivity index (χ1n) is 2.67. The molecule has 0 heterocycles. The zero-order chi connectivity index (χ0) is 8.43. The normalized spacial score (nSPS) is 13.0. The Balaban J connectivity index is 3.20. The van der Waals surface area contributed by atoms with Crippen molar-refractivity contribution in [2.45, 2.75) is 4.90 Å². The molecule has 1 rings (SSSR count). The fourth-order valence-corrected chi connectivity index (χ4v) is 2.49. The molecule has 0 saturated carbocycles. The largest absolute Gasteiger partial charge is 0.302 e. The van der Waals surface area contributed by atoms with Crippen LogP contribution < -0.4 is 0 Å². The van der Waals surface area contributed by atoms with E-state index in [4.69, 9.17) is 4.55 Å². The van der Waals surface area contributed by atoms with Crippen LogP contribution in [0.4, 0.5) is 0 Å². The van der Waals surface area contributed by atoms with E-state index in [2.05, 4.69) is 31.9 Å². The molecule has 0 aliphatic carbocycles. The van der Waals surface area contributed by atoms with E-state index in [9.17, 15) is 4.21 Å². The number of hydrogen-bond acceptors (Lipinski definition) is 1. The third-order valence-electron chi connectivity index (χ3n) is 1.08. The molecule has 1 atom stereocenters. The molecule has 1 N–H and O–H groups in total. The zero-order valence-corrected chi connectivity index (χ0v) is 9.24. The van der Waals surface area contributed by atoms with Crippen molar-refractivity contribution in [3.05, 3.63) is 27.1 Å². The zero-order valence-electron chi connectivity index (χ0n) is 5.25. The highest BCUT2D eigenvalue weighted by atomic mass is 79.9. The molecule has 0 aliphatic heterocycles. The maximum atomic E-state index is 10.6. The fourth-order valence-electron chi connectivity index (χ4n) is 0.617. The predicted octanol–water partition coefficient (Wildman–Crippen LogP) is 2.79. The van der Waals surface area contributed by atoms with Gasteiger partial charge in [-0.25, -0.2) is 4.21 Å². The first-order chi connectivity index (χ1) is 5.11. The summed E-state index contributed by atoms with van der Waals surface area (Å²) in [5.74, 6) is 0. The second kappa shape index (κ2) is 3.80. The summed E-state index contributed by atoms with van der Waals surface area (Å²) in [5, 5.41) is 0. The third-order valence-corrected chi connectivity index (χ3v) is 3.23. The number of rotatable bonds is 1. The summed E-state index contributed by atoms with van der Waals surface area (Å²) in [5.41, 5.74) is 0. The Bertz CT molecular complexity index is 301. The Hall–Kier alpha value is 0.290. The van der Waals surface area contributed by atoms with Crippen LogP contribution in [0.3, 0.4) is 0 Å². The Labute approximate surface area is 83.5 Å². The molecule has 0 aliphatic rings. The van der Waals surface area contributed by atoms with Crippen LogP contribution >= 0.6 is 31.9 Å². The minimum absolute atomic E-state index is 0.383. The Morgan fingerprint density at radius 2 is 2.00 bits per heavy atom. The van der Waals surface area contributed by atoms with Crippen LogP contribution in [0.25, 0.3) is 0 Å². The van der Waals surface area contributed by atoms with E-state index in [-0.39, 0.29) is 0 Å². The summed E-state index contributed by atoms with van der Waals surface area (Å²) in [6.07, 6.45) is 0. The van der Waals surface area contributed by atoms with E-state index in [0.717, 1.165) is 4.47 Å². The van der Waals surface area contributed by atoms with Crippen LogP contribution in [0.2, 0.25) is 0 Å². The lowest BCUT2D eigenvalue weighted by molar-refractivity contribution is 0.564. The Kier molecular flexibility index (Phi) is 3.24. The average molecular weight is 300 g/mol. The molecule has 1 aromatic carbocycles. The standard InChI is InChI=1S/C6H4Br2O2S/c7-4-1-2-6(11(9)10)5(8)3-4/h1-3H,(H,9,10). The van der Waals surface area contributed by atoms with Crippen LogP contribution in [0, 0.1) is 0 Å². The van der Waals surface area contributed by atoms with Gasteiger partial charge in [0.25, 0.3) is 0 Å². The van der Waals surface area contributed by atoms with Crippen molar-refractivity contribution >= 4 is 42.9 Å². The quantitative estimate of drug-likeness (QED) is 0.810. The van der Waals surface area contributed by atoms with Gasteiger partial charge in [0.2, 0.25) is 0 Å². The van der Waals surface area contributed by atoms with Gasteiger partial charge in [-0.2, -0.15) is 0 Å². The SMILES string of the molecule is O=S(O)c1ccc(Br)cc1Br. The van der Waals surface area contributed by atoms with Crippen LogP contribution in [-0.2, 0) is 11.1 Å². The number of benzene rings is 1. The van der Waals surface area contributed by atoms with E-state index in [1.54, 1.807) is 18.2 Å². The minimum atomic E-state index is -1.92. The van der Waals surface area contributed by atoms with Gasteiger partial charge in [0.05, 0.1) is 4.90 Å². The topological polar surface area (TPSA) is 37.3 Å². The molecule has 0 aromatic heterocycles. The molecule has 2 nitrogen and oxygen atoms in total. The van der Waals surface area contributed by atoms with Gasteiger partial charge in [-0.15, -0.1) is 0 Å². The second-order valence-electron chi connectivity index (χ2n) is 1.82. The number of halogens is 2. The fraction of sp³-hybridized carbons (Fsp3) is 0. The van der Waals surface area contributed by atoms with Gasteiger partial charge in [-0.05, 0) is 34.1 Å². The molecule has 1 unspecified atom stereocenters. The van der Waals surface area contributed by atoms with Gasteiger partial charge in [0.1, 0.15) is 0 Å². The van der Waals surface area contributed by atoms with Crippen LogP contribution in [0.15, 0.2) is 32.0 Å². The van der Waals surface area contributed by atoms with Gasteiger partial charge >= 0.3 is 0 Å². The maximum absolute atomic E-state index is 10.6. The van der Waals surface area contributed by atoms with Crippen molar-refractivity contribution in [2.75, 3.05) is 0 Å². The first kappa shape index (κ1) is 9.38. The van der Waals surface area contributed by atoms with Crippen molar-refractivity contribution in [3.8, 4) is 0 Å². The lowest BCUT2D eigenvalue weighted by Crippen LogP contribution is -1.88. The Morgan fingerprint density at radius 1 is 1.36 bits per heavy atom. The molecular weight excluding hydrogens is 296 g/mol. The van der Waals surface area contributed by atoms with Gasteiger partial charge in [-0.3, -0.25) is 0 Å². The highest BCUT2D eigenvalue weighted by Gasteiger charge is 2.04. The van der Waals surface area contributed by atoms with Crippen molar-refractivity contribution in [3.63, 3.8) is 0 Å². The molecule has 0 radical (unpaired) electrons. The highest BCUT2D eigenvalue weighted by molar-refractivity contribution is 9.11. The molecule has 0 saturated heterocycles. The molecule has 0 bridgehead atoms. The van der Waals surface area contributed by atoms with Crippen LogP contribution in [0.1, 0.15) is 0 Å². The van der Waals surface area contributed by atoms with Gasteiger partial charge in [0.15, 0.2) is 11.1 Å². The van der Waals surface area contributed by atoms with Gasteiger partial charge in [-0.1, -0.05) is 15.9 Å². The summed E-state index contributed by atoms with van der Waals surface area (Å²) in [7, 11) is 0. The first-order valence-corrected chi connectivity index (χ1v) is 5.36. The molecule has 5 heteroatoms. The van der Waals surface area contributed by atoms with E-state index in [1.165, 1.54) is 0 Å². The molecular formula is C6H4Br2O2S. The summed E-state index contributed by atoms with van der Waals surface area (Å²) < 4.78 is 20.8. The van der Waals surface area contributed by atoms with Crippen molar-refractivity contribution in [1.82, 2.24) is 0 Å². The molecule has 1 aromatic rings. The van der Waals surface area contributed by atoms with E-state index in [0.29, 0.717) is 9.37 Å². The molecule has 11 heavy (non-hydrogen) atoms. The Morgan fingerprint density at radius 3 is 2.45 bits per heavy atom. The molecule has 60 valence electrons. The molecule has 0 spiro atoms. The van der Waals surface area contributed by atoms with Crippen LogP contribution in [-0.4, -0.2) is 8.76 Å². The van der Waals surface area contributed by atoms with Crippen molar-refractivity contribution in [1.29, 1.82) is 0 Å². The summed E-state index contributed by atoms with van der Waals surface area (Å²) in [4.78, 5) is 0.383. The lowest BCUT2D eigenvalue weighted by Gasteiger charge is -1.98. The summed E-state index contributed by atoms with van der Waals surface area (Å²) in [6, 6.07) is 5.03. The minimum Gasteiger partial charge on any atom is -0.302 e.